The second-order valence-corrected chi connectivity index (χ2v) is 6.92. The molecule has 0 bridgehead atoms. The summed E-state index contributed by atoms with van der Waals surface area (Å²) in [5.41, 5.74) is 1.98. The van der Waals surface area contributed by atoms with Crippen molar-refractivity contribution in [1.29, 1.82) is 0 Å². The van der Waals surface area contributed by atoms with E-state index in [2.05, 4.69) is 21.3 Å². The normalized spacial score (nSPS) is 15.7. The monoisotopic (exact) mass is 343 g/mol. The third kappa shape index (κ3) is 4.74. The van der Waals surface area contributed by atoms with Crippen LogP contribution in [-0.4, -0.2) is 42.1 Å². The molecule has 2 aromatic rings. The lowest BCUT2D eigenvalue weighted by Gasteiger charge is -2.27. The highest BCUT2D eigenvalue weighted by molar-refractivity contribution is 7.12. The van der Waals surface area contributed by atoms with Crippen LogP contribution in [0.4, 0.5) is 5.69 Å². The number of para-hydroxylation sites is 1. The lowest BCUT2D eigenvalue weighted by Crippen LogP contribution is -2.35. The van der Waals surface area contributed by atoms with Gasteiger partial charge >= 0.3 is 0 Å². The predicted molar refractivity (Wildman–Crippen MR) is 97.1 cm³/mol. The summed E-state index contributed by atoms with van der Waals surface area (Å²) in [5.74, 6) is -0.129. The van der Waals surface area contributed by atoms with Crippen LogP contribution in [0.1, 0.15) is 15.4 Å². The summed E-state index contributed by atoms with van der Waals surface area (Å²) in [6, 6.07) is 7.94. The van der Waals surface area contributed by atoms with Crippen molar-refractivity contribution in [2.45, 2.75) is 13.5 Å². The Morgan fingerprint density at radius 2 is 2.17 bits per heavy atom. The van der Waals surface area contributed by atoms with Crippen LogP contribution in [0, 0.1) is 6.92 Å². The molecule has 0 aliphatic carbocycles. The number of nitrogens with one attached hydrogen (secondary N) is 1. The van der Waals surface area contributed by atoms with Gasteiger partial charge in [-0.05, 0) is 24.6 Å². The zero-order valence-corrected chi connectivity index (χ0v) is 14.5. The maximum Gasteiger partial charge on any atom is 0.248 e. The molecule has 1 aromatic heterocycles. The molecule has 6 heteroatoms. The number of anilines is 1. The smallest absolute Gasteiger partial charge is 0.248 e. The summed E-state index contributed by atoms with van der Waals surface area (Å²) >= 11 is 1.57. The summed E-state index contributed by atoms with van der Waals surface area (Å²) in [6.45, 7) is 6.15. The van der Waals surface area contributed by atoms with Crippen LogP contribution < -0.4 is 5.32 Å². The first-order chi connectivity index (χ1) is 11.7. The predicted octanol–water partition coefficient (Wildman–Crippen LogP) is 2.94. The number of benzene rings is 1. The van der Waals surface area contributed by atoms with Gasteiger partial charge in [0.05, 0.1) is 18.2 Å². The zero-order valence-electron chi connectivity index (χ0n) is 13.7. The Morgan fingerprint density at radius 1 is 1.38 bits per heavy atom. The van der Waals surface area contributed by atoms with Gasteiger partial charge in [0.1, 0.15) is 0 Å². The summed E-state index contributed by atoms with van der Waals surface area (Å²) in [7, 11) is 0. The maximum atomic E-state index is 12.2. The molecule has 2 heterocycles. The number of carbonyl (C=O) groups excluding carboxylic acids is 1. The number of hydrogen-bond acceptors (Lipinski definition) is 5. The molecular formula is C18H21N3O2S. The van der Waals surface area contributed by atoms with E-state index in [1.165, 1.54) is 0 Å². The second-order valence-electron chi connectivity index (χ2n) is 5.65. The minimum absolute atomic E-state index is 0.129. The standard InChI is InChI=1S/C18H21N3O2S/c1-14-19-12-16(24-14)6-7-18(22)20-17-5-3-2-4-15(17)13-21-8-10-23-11-9-21/h2-7,12H,8-11,13H2,1H3,(H,20,22)/b7-6-. The molecule has 1 N–H and O–H groups in total. The van der Waals surface area contributed by atoms with E-state index in [9.17, 15) is 4.79 Å². The van der Waals surface area contributed by atoms with Gasteiger partial charge in [-0.2, -0.15) is 0 Å². The van der Waals surface area contributed by atoms with Crippen molar-refractivity contribution in [3.05, 3.63) is 52.0 Å². The Hall–Kier alpha value is -2.02. The van der Waals surface area contributed by atoms with Gasteiger partial charge in [0.25, 0.3) is 0 Å². The molecular weight excluding hydrogens is 322 g/mol. The van der Waals surface area contributed by atoms with Gasteiger partial charge in [-0.3, -0.25) is 9.69 Å². The van der Waals surface area contributed by atoms with Crippen LogP contribution in [0.15, 0.2) is 36.5 Å². The molecule has 1 amide bonds. The Morgan fingerprint density at radius 3 is 2.92 bits per heavy atom. The average molecular weight is 343 g/mol. The number of carbonyl (C=O) groups is 1. The van der Waals surface area contributed by atoms with Crippen LogP contribution >= 0.6 is 11.3 Å². The van der Waals surface area contributed by atoms with E-state index in [0.29, 0.717) is 0 Å². The number of aryl methyl sites for hydroxylation is 1. The number of morpholine rings is 1. The minimum Gasteiger partial charge on any atom is -0.379 e. The molecule has 0 atom stereocenters. The summed E-state index contributed by atoms with van der Waals surface area (Å²) in [6.07, 6.45) is 5.12. The van der Waals surface area contributed by atoms with E-state index in [-0.39, 0.29) is 5.91 Å². The molecule has 1 aliphatic rings. The Bertz CT molecular complexity index is 721. The largest absolute Gasteiger partial charge is 0.379 e. The van der Waals surface area contributed by atoms with E-state index < -0.39 is 0 Å². The number of nitrogens with zero attached hydrogens (tertiary/aromatic N) is 2. The number of amides is 1. The number of ether oxygens (including phenoxy) is 1. The Balaban J connectivity index is 1.63. The first kappa shape index (κ1) is 16.8. The number of rotatable bonds is 5. The van der Waals surface area contributed by atoms with Gasteiger partial charge in [-0.1, -0.05) is 18.2 Å². The van der Waals surface area contributed by atoms with E-state index in [1.54, 1.807) is 29.7 Å². The summed E-state index contributed by atoms with van der Waals surface area (Å²) < 4.78 is 5.38. The fourth-order valence-corrected chi connectivity index (χ4v) is 3.26. The van der Waals surface area contributed by atoms with Gasteiger partial charge in [0, 0.05) is 42.5 Å². The average Bonchev–Trinajstić information content (AvgIpc) is 3.01. The number of hydrogen-bond donors (Lipinski definition) is 1. The molecule has 3 rings (SSSR count). The van der Waals surface area contributed by atoms with Crippen molar-refractivity contribution in [2.24, 2.45) is 0 Å². The quantitative estimate of drug-likeness (QED) is 0.848. The van der Waals surface area contributed by atoms with E-state index in [4.69, 9.17) is 4.74 Å². The molecule has 0 radical (unpaired) electrons. The zero-order chi connectivity index (χ0) is 16.8. The molecule has 0 saturated carbocycles. The molecule has 1 saturated heterocycles. The van der Waals surface area contributed by atoms with Crippen molar-refractivity contribution < 1.29 is 9.53 Å². The van der Waals surface area contributed by atoms with E-state index >= 15 is 0 Å². The third-order valence-electron chi connectivity index (χ3n) is 3.81. The molecule has 1 fully saturated rings. The molecule has 0 spiro atoms. The van der Waals surface area contributed by atoms with Gasteiger partial charge in [-0.25, -0.2) is 4.98 Å². The van der Waals surface area contributed by atoms with Crippen LogP contribution in [0.2, 0.25) is 0 Å². The molecule has 1 aliphatic heterocycles. The summed E-state index contributed by atoms with van der Waals surface area (Å²) in [4.78, 5) is 19.7. The van der Waals surface area contributed by atoms with Crippen LogP contribution in [0.5, 0.6) is 0 Å². The molecule has 5 nitrogen and oxygen atoms in total. The first-order valence-corrected chi connectivity index (χ1v) is 8.82. The highest BCUT2D eigenvalue weighted by Gasteiger charge is 2.13. The van der Waals surface area contributed by atoms with Crippen molar-refractivity contribution in [3.8, 4) is 0 Å². The molecule has 1 aromatic carbocycles. The highest BCUT2D eigenvalue weighted by Crippen LogP contribution is 2.18. The van der Waals surface area contributed by atoms with Crippen molar-refractivity contribution in [2.75, 3.05) is 31.6 Å². The SMILES string of the molecule is Cc1ncc(/C=C\C(=O)Nc2ccccc2CN2CCOCC2)s1. The first-order valence-electron chi connectivity index (χ1n) is 8.00. The Kier molecular flexibility index (Phi) is 5.74. The Labute approximate surface area is 146 Å². The van der Waals surface area contributed by atoms with Gasteiger partial charge in [0.15, 0.2) is 0 Å². The fraction of sp³-hybridized carbons (Fsp3) is 0.333. The summed E-state index contributed by atoms with van der Waals surface area (Å²) in [5, 5.41) is 3.97. The highest BCUT2D eigenvalue weighted by atomic mass is 32.1. The number of aromatic nitrogens is 1. The molecule has 0 unspecified atom stereocenters. The van der Waals surface area contributed by atoms with E-state index in [1.807, 2.05) is 25.1 Å². The lowest BCUT2D eigenvalue weighted by molar-refractivity contribution is -0.111. The van der Waals surface area contributed by atoms with Crippen molar-refractivity contribution in [3.63, 3.8) is 0 Å². The van der Waals surface area contributed by atoms with Crippen LogP contribution in [-0.2, 0) is 16.1 Å². The third-order valence-corrected chi connectivity index (χ3v) is 4.69. The topological polar surface area (TPSA) is 54.5 Å². The maximum absolute atomic E-state index is 12.2. The minimum atomic E-state index is -0.129. The van der Waals surface area contributed by atoms with Gasteiger partial charge in [0.2, 0.25) is 5.91 Å². The molecule has 24 heavy (non-hydrogen) atoms. The van der Waals surface area contributed by atoms with E-state index in [0.717, 1.165) is 54.0 Å². The lowest BCUT2D eigenvalue weighted by atomic mass is 10.1. The van der Waals surface area contributed by atoms with Gasteiger partial charge in [-0.15, -0.1) is 11.3 Å². The van der Waals surface area contributed by atoms with Crippen molar-refractivity contribution in [1.82, 2.24) is 9.88 Å². The number of thiazole rings is 1. The molecule has 126 valence electrons. The van der Waals surface area contributed by atoms with Gasteiger partial charge < -0.3 is 10.1 Å². The van der Waals surface area contributed by atoms with Crippen molar-refractivity contribution >= 4 is 29.0 Å². The second kappa shape index (κ2) is 8.19. The fourth-order valence-electron chi connectivity index (χ4n) is 2.57. The van der Waals surface area contributed by atoms with Crippen LogP contribution in [0.25, 0.3) is 6.08 Å². The van der Waals surface area contributed by atoms with Crippen LogP contribution in [0.3, 0.4) is 0 Å².